The molecule has 184 valence electrons. The normalized spacial score (nSPS) is 13.9. The molecule has 0 aliphatic carbocycles. The van der Waals surface area contributed by atoms with Crippen LogP contribution in [0.25, 0.3) is 0 Å². The number of nitrogens with one attached hydrogen (secondary N) is 2. The fourth-order valence-corrected chi connectivity index (χ4v) is 4.54. The standard InChI is InChI=1S/C24H25Cl2N5O3S/c25-19-7-6-17(14-20(19)26)28-24-29-21(16-35-24)23(33)31-11-9-30(10-12-31)15-22(32)27-8-13-34-18-4-2-1-3-5-18/h1-7,14,16H,8-13,15H2,(H,27,32)(H,28,29). The Labute approximate surface area is 217 Å². The summed E-state index contributed by atoms with van der Waals surface area (Å²) in [5.41, 5.74) is 1.13. The molecule has 0 radical (unpaired) electrons. The third-order valence-electron chi connectivity index (χ3n) is 5.36. The number of hydrogen-bond donors (Lipinski definition) is 2. The summed E-state index contributed by atoms with van der Waals surface area (Å²) in [7, 11) is 0. The molecule has 2 heterocycles. The predicted octanol–water partition coefficient (Wildman–Crippen LogP) is 4.15. The van der Waals surface area contributed by atoms with Crippen molar-refractivity contribution >= 4 is 57.2 Å². The Morgan fingerprint density at radius 3 is 2.54 bits per heavy atom. The van der Waals surface area contributed by atoms with E-state index in [0.717, 1.165) is 11.4 Å². The fourth-order valence-electron chi connectivity index (χ4n) is 3.53. The number of ether oxygens (including phenoxy) is 1. The first-order valence-electron chi connectivity index (χ1n) is 11.1. The maximum absolute atomic E-state index is 12.9. The number of rotatable bonds is 9. The number of piperazine rings is 1. The molecule has 0 spiro atoms. The lowest BCUT2D eigenvalue weighted by Gasteiger charge is -2.33. The molecule has 1 fully saturated rings. The molecule has 1 aliphatic rings. The van der Waals surface area contributed by atoms with Crippen LogP contribution in [0.4, 0.5) is 10.8 Å². The number of nitrogens with zero attached hydrogens (tertiary/aromatic N) is 3. The number of benzene rings is 2. The molecule has 2 amide bonds. The summed E-state index contributed by atoms with van der Waals surface area (Å²) in [6, 6.07) is 14.7. The van der Waals surface area contributed by atoms with Crippen molar-refractivity contribution in [2.45, 2.75) is 0 Å². The van der Waals surface area contributed by atoms with Gasteiger partial charge in [-0.2, -0.15) is 0 Å². The van der Waals surface area contributed by atoms with Crippen molar-refractivity contribution in [3.63, 3.8) is 0 Å². The van der Waals surface area contributed by atoms with Gasteiger partial charge in [0, 0.05) is 37.2 Å². The Morgan fingerprint density at radius 2 is 1.80 bits per heavy atom. The maximum Gasteiger partial charge on any atom is 0.273 e. The molecule has 3 aromatic rings. The Bertz CT molecular complexity index is 1150. The number of anilines is 2. The highest BCUT2D eigenvalue weighted by molar-refractivity contribution is 7.14. The van der Waals surface area contributed by atoms with Crippen molar-refractivity contribution < 1.29 is 14.3 Å². The van der Waals surface area contributed by atoms with E-state index in [-0.39, 0.29) is 11.8 Å². The van der Waals surface area contributed by atoms with Gasteiger partial charge in [-0.3, -0.25) is 14.5 Å². The van der Waals surface area contributed by atoms with Crippen LogP contribution in [-0.2, 0) is 4.79 Å². The topological polar surface area (TPSA) is 86.8 Å². The molecule has 1 aromatic heterocycles. The Balaban J connectivity index is 1.17. The zero-order valence-corrected chi connectivity index (χ0v) is 21.2. The Hall–Kier alpha value is -2.85. The van der Waals surface area contributed by atoms with Crippen molar-refractivity contribution in [1.29, 1.82) is 0 Å². The molecule has 1 aliphatic heterocycles. The highest BCUT2D eigenvalue weighted by Crippen LogP contribution is 2.28. The third-order valence-corrected chi connectivity index (χ3v) is 6.85. The number of amides is 2. The number of halogens is 2. The van der Waals surface area contributed by atoms with E-state index < -0.39 is 0 Å². The van der Waals surface area contributed by atoms with Gasteiger partial charge < -0.3 is 20.3 Å². The SMILES string of the molecule is O=C(CN1CCN(C(=O)c2csc(Nc3ccc(Cl)c(Cl)c3)n2)CC1)NCCOc1ccccc1. The van der Waals surface area contributed by atoms with Crippen molar-refractivity contribution in [3.05, 3.63) is 69.7 Å². The van der Waals surface area contributed by atoms with E-state index in [1.807, 2.05) is 35.2 Å². The van der Waals surface area contributed by atoms with Gasteiger partial charge in [0.05, 0.1) is 23.1 Å². The first-order chi connectivity index (χ1) is 17.0. The molecular weight excluding hydrogens is 509 g/mol. The van der Waals surface area contributed by atoms with Gasteiger partial charge in [0.15, 0.2) is 5.13 Å². The minimum atomic E-state index is -0.120. The van der Waals surface area contributed by atoms with Crippen LogP contribution in [0.1, 0.15) is 10.5 Å². The average molecular weight is 534 g/mol. The van der Waals surface area contributed by atoms with E-state index in [0.29, 0.717) is 66.7 Å². The van der Waals surface area contributed by atoms with E-state index in [4.69, 9.17) is 27.9 Å². The molecule has 1 saturated heterocycles. The first-order valence-corrected chi connectivity index (χ1v) is 12.8. The predicted molar refractivity (Wildman–Crippen MR) is 139 cm³/mol. The van der Waals surface area contributed by atoms with Crippen molar-refractivity contribution in [1.82, 2.24) is 20.1 Å². The summed E-state index contributed by atoms with van der Waals surface area (Å²) in [5.74, 6) is 0.601. The van der Waals surface area contributed by atoms with Crippen molar-refractivity contribution in [2.24, 2.45) is 0 Å². The number of para-hydroxylation sites is 1. The van der Waals surface area contributed by atoms with Crippen LogP contribution in [0.5, 0.6) is 5.75 Å². The van der Waals surface area contributed by atoms with Crippen LogP contribution >= 0.6 is 34.5 Å². The van der Waals surface area contributed by atoms with Gasteiger partial charge in [0.25, 0.3) is 5.91 Å². The van der Waals surface area contributed by atoms with Crippen LogP contribution < -0.4 is 15.4 Å². The van der Waals surface area contributed by atoms with Crippen molar-refractivity contribution in [2.75, 3.05) is 51.2 Å². The summed E-state index contributed by atoms with van der Waals surface area (Å²) in [6.45, 7) is 3.47. The minimum Gasteiger partial charge on any atom is -0.492 e. The van der Waals surface area contributed by atoms with Crippen LogP contribution in [0.15, 0.2) is 53.9 Å². The number of carbonyl (C=O) groups excluding carboxylic acids is 2. The van der Waals surface area contributed by atoms with Gasteiger partial charge >= 0.3 is 0 Å². The van der Waals surface area contributed by atoms with E-state index in [2.05, 4.69) is 15.6 Å². The second-order valence-corrected chi connectivity index (χ2v) is 9.54. The smallest absolute Gasteiger partial charge is 0.273 e. The molecule has 2 N–H and O–H groups in total. The number of aromatic nitrogens is 1. The number of thiazole rings is 1. The molecule has 4 rings (SSSR count). The molecule has 0 saturated carbocycles. The van der Waals surface area contributed by atoms with Crippen LogP contribution in [0.2, 0.25) is 10.0 Å². The van der Waals surface area contributed by atoms with Crippen LogP contribution in [-0.4, -0.2) is 72.5 Å². The van der Waals surface area contributed by atoms with Gasteiger partial charge in [-0.1, -0.05) is 41.4 Å². The van der Waals surface area contributed by atoms with E-state index in [1.54, 1.807) is 28.5 Å². The lowest BCUT2D eigenvalue weighted by atomic mass is 10.3. The average Bonchev–Trinajstić information content (AvgIpc) is 3.33. The maximum atomic E-state index is 12.9. The summed E-state index contributed by atoms with van der Waals surface area (Å²) < 4.78 is 5.58. The quantitative estimate of drug-likeness (QED) is 0.402. The summed E-state index contributed by atoms with van der Waals surface area (Å²) >= 11 is 13.3. The summed E-state index contributed by atoms with van der Waals surface area (Å²) in [5, 5.41) is 9.26. The van der Waals surface area contributed by atoms with Gasteiger partial charge in [0.1, 0.15) is 18.1 Å². The van der Waals surface area contributed by atoms with Crippen LogP contribution in [0, 0.1) is 0 Å². The van der Waals surface area contributed by atoms with E-state index in [9.17, 15) is 9.59 Å². The zero-order valence-electron chi connectivity index (χ0n) is 18.9. The third kappa shape index (κ3) is 7.32. The first kappa shape index (κ1) is 25.2. The molecule has 0 unspecified atom stereocenters. The molecule has 2 aromatic carbocycles. The highest BCUT2D eigenvalue weighted by atomic mass is 35.5. The largest absolute Gasteiger partial charge is 0.492 e. The Morgan fingerprint density at radius 1 is 1.03 bits per heavy atom. The minimum absolute atomic E-state index is 0.0565. The zero-order chi connectivity index (χ0) is 24.6. The molecule has 8 nitrogen and oxygen atoms in total. The molecule has 0 atom stereocenters. The summed E-state index contributed by atoms with van der Waals surface area (Å²) in [6.07, 6.45) is 0. The van der Waals surface area contributed by atoms with Gasteiger partial charge in [-0.15, -0.1) is 11.3 Å². The lowest BCUT2D eigenvalue weighted by molar-refractivity contribution is -0.122. The van der Waals surface area contributed by atoms with Crippen LogP contribution in [0.3, 0.4) is 0 Å². The summed E-state index contributed by atoms with van der Waals surface area (Å²) in [4.78, 5) is 33.3. The second-order valence-electron chi connectivity index (χ2n) is 7.87. The molecule has 0 bridgehead atoms. The molecule has 11 heteroatoms. The van der Waals surface area contributed by atoms with Gasteiger partial charge in [-0.05, 0) is 30.3 Å². The second kappa shape index (κ2) is 12.2. The van der Waals surface area contributed by atoms with E-state index in [1.165, 1.54) is 11.3 Å². The number of carbonyl (C=O) groups is 2. The monoisotopic (exact) mass is 533 g/mol. The number of hydrogen-bond acceptors (Lipinski definition) is 7. The molecule has 35 heavy (non-hydrogen) atoms. The molecular formula is C24H25Cl2N5O3S. The van der Waals surface area contributed by atoms with E-state index >= 15 is 0 Å². The van der Waals surface area contributed by atoms with Gasteiger partial charge in [0.2, 0.25) is 5.91 Å². The van der Waals surface area contributed by atoms with Crippen molar-refractivity contribution in [3.8, 4) is 5.75 Å². The Kier molecular flexibility index (Phi) is 8.81. The highest BCUT2D eigenvalue weighted by Gasteiger charge is 2.25. The van der Waals surface area contributed by atoms with Gasteiger partial charge in [-0.25, -0.2) is 4.98 Å². The lowest BCUT2D eigenvalue weighted by Crippen LogP contribution is -2.51. The fraction of sp³-hybridized carbons (Fsp3) is 0.292.